The quantitative estimate of drug-likeness (QED) is 0.530. The van der Waals surface area contributed by atoms with Crippen molar-refractivity contribution < 1.29 is 0 Å². The van der Waals surface area contributed by atoms with Crippen molar-refractivity contribution >= 4 is 23.1 Å². The summed E-state index contributed by atoms with van der Waals surface area (Å²) >= 11 is 0. The van der Waals surface area contributed by atoms with Gasteiger partial charge in [0.1, 0.15) is 11.5 Å². The minimum atomic E-state index is -0.218. The van der Waals surface area contributed by atoms with E-state index >= 15 is 0 Å². The highest BCUT2D eigenvalue weighted by Crippen LogP contribution is 2.44. The van der Waals surface area contributed by atoms with E-state index in [1.807, 2.05) is 0 Å². The standard InChI is InChI=1S/C26H47N5/c1-22(2,3)27-18-16-17-20(31(18)26(13,14)15)19(28-23(4,5)6)21(29-24(7,8)9)30(17)25(10,11)12/h16,27H,1-15H3. The van der Waals surface area contributed by atoms with Crippen molar-refractivity contribution in [3.8, 4) is 0 Å². The first-order valence-corrected chi connectivity index (χ1v) is 11.6. The van der Waals surface area contributed by atoms with Crippen LogP contribution < -0.4 is 10.2 Å². The van der Waals surface area contributed by atoms with Crippen molar-refractivity contribution in [3.05, 3.63) is 11.8 Å². The molecule has 1 aliphatic rings. The molecule has 0 spiro atoms. The maximum Gasteiger partial charge on any atom is 0.157 e. The Bertz CT molecular complexity index is 879. The molecule has 1 aromatic heterocycles. The average molecular weight is 430 g/mol. The Morgan fingerprint density at radius 3 is 1.52 bits per heavy atom. The molecular formula is C26H47N5. The molecular weight excluding hydrogens is 382 g/mol. The highest BCUT2D eigenvalue weighted by Gasteiger charge is 2.44. The Kier molecular flexibility index (Phi) is 6.07. The zero-order valence-electron chi connectivity index (χ0n) is 22.9. The summed E-state index contributed by atoms with van der Waals surface area (Å²) < 4.78 is 2.42. The van der Waals surface area contributed by atoms with Crippen LogP contribution >= 0.6 is 0 Å². The molecule has 31 heavy (non-hydrogen) atoms. The molecule has 0 fully saturated rings. The van der Waals surface area contributed by atoms with Gasteiger partial charge in [-0.3, -0.25) is 9.98 Å². The van der Waals surface area contributed by atoms with Crippen LogP contribution in [0.25, 0.3) is 0 Å². The third-order valence-electron chi connectivity index (χ3n) is 4.60. The molecule has 0 unspecified atom stereocenters. The van der Waals surface area contributed by atoms with E-state index in [4.69, 9.17) is 9.98 Å². The fraction of sp³-hybridized carbons (Fsp3) is 0.769. The van der Waals surface area contributed by atoms with Gasteiger partial charge in [-0.05, 0) is 104 Å². The lowest BCUT2D eigenvalue weighted by atomic mass is 10.0. The number of aromatic nitrogens is 1. The molecule has 0 bridgehead atoms. The Balaban J connectivity index is 3.02. The molecule has 0 atom stereocenters. The van der Waals surface area contributed by atoms with Crippen LogP contribution in [0.2, 0.25) is 0 Å². The SMILES string of the molecule is CC(C)(C)N=C1C(=NC(C)(C)C)N(C(C)(C)C)c2cc(NC(C)(C)C)n(C(C)(C)C)c21. The van der Waals surface area contributed by atoms with E-state index in [1.165, 1.54) is 5.69 Å². The average Bonchev–Trinajstić information content (AvgIpc) is 2.87. The lowest BCUT2D eigenvalue weighted by Gasteiger charge is -2.35. The highest BCUT2D eigenvalue weighted by atomic mass is 15.3. The minimum Gasteiger partial charge on any atom is -0.367 e. The number of anilines is 2. The van der Waals surface area contributed by atoms with Gasteiger partial charge in [-0.2, -0.15) is 0 Å². The summed E-state index contributed by atoms with van der Waals surface area (Å²) in [6.45, 7) is 33.1. The van der Waals surface area contributed by atoms with Gasteiger partial charge >= 0.3 is 0 Å². The van der Waals surface area contributed by atoms with Crippen LogP contribution in [-0.2, 0) is 5.54 Å². The van der Waals surface area contributed by atoms with E-state index in [2.05, 4.69) is 125 Å². The third-order valence-corrected chi connectivity index (χ3v) is 4.60. The number of amidine groups is 1. The Morgan fingerprint density at radius 2 is 1.16 bits per heavy atom. The molecule has 5 nitrogen and oxygen atoms in total. The summed E-state index contributed by atoms with van der Waals surface area (Å²) in [5.41, 5.74) is 2.59. The van der Waals surface area contributed by atoms with Gasteiger partial charge in [0.25, 0.3) is 0 Å². The monoisotopic (exact) mass is 429 g/mol. The van der Waals surface area contributed by atoms with Crippen molar-refractivity contribution in [1.29, 1.82) is 0 Å². The van der Waals surface area contributed by atoms with Gasteiger partial charge in [-0.25, -0.2) is 0 Å². The third kappa shape index (κ3) is 5.93. The topological polar surface area (TPSA) is 44.9 Å². The molecule has 0 aliphatic carbocycles. The van der Waals surface area contributed by atoms with Crippen molar-refractivity contribution in [1.82, 2.24) is 4.57 Å². The zero-order valence-corrected chi connectivity index (χ0v) is 22.9. The highest BCUT2D eigenvalue weighted by molar-refractivity contribution is 6.56. The van der Waals surface area contributed by atoms with Gasteiger partial charge in [0.15, 0.2) is 5.84 Å². The maximum atomic E-state index is 5.26. The molecule has 2 rings (SSSR count). The number of aliphatic imine (C=N–C) groups is 2. The molecule has 1 aliphatic heterocycles. The summed E-state index contributed by atoms with van der Waals surface area (Å²) in [7, 11) is 0. The molecule has 0 saturated heterocycles. The Hall–Kier alpha value is -1.78. The van der Waals surface area contributed by atoms with E-state index in [0.29, 0.717) is 0 Å². The zero-order chi connectivity index (χ0) is 24.4. The van der Waals surface area contributed by atoms with Gasteiger partial charge in [0.05, 0.1) is 22.5 Å². The molecule has 1 N–H and O–H groups in total. The summed E-state index contributed by atoms with van der Waals surface area (Å²) in [4.78, 5) is 12.9. The first kappa shape index (κ1) is 25.5. The lowest BCUT2D eigenvalue weighted by Crippen LogP contribution is -2.46. The van der Waals surface area contributed by atoms with Gasteiger partial charge in [0.2, 0.25) is 0 Å². The van der Waals surface area contributed by atoms with E-state index < -0.39 is 0 Å². The van der Waals surface area contributed by atoms with Gasteiger partial charge in [-0.1, -0.05) is 0 Å². The second-order valence-electron chi connectivity index (χ2n) is 13.9. The smallest absolute Gasteiger partial charge is 0.157 e. The number of rotatable bonds is 1. The fourth-order valence-corrected chi connectivity index (χ4v) is 3.93. The minimum absolute atomic E-state index is 0.0503. The van der Waals surface area contributed by atoms with Crippen LogP contribution in [-0.4, -0.2) is 38.3 Å². The lowest BCUT2D eigenvalue weighted by molar-refractivity contribution is 0.398. The van der Waals surface area contributed by atoms with Gasteiger partial charge in [-0.15, -0.1) is 0 Å². The van der Waals surface area contributed by atoms with Crippen molar-refractivity contribution in [2.75, 3.05) is 10.2 Å². The summed E-state index contributed by atoms with van der Waals surface area (Å²) in [5, 5.41) is 3.75. The molecule has 1 aromatic rings. The first-order valence-electron chi connectivity index (χ1n) is 11.6. The van der Waals surface area contributed by atoms with Crippen molar-refractivity contribution in [2.24, 2.45) is 9.98 Å². The predicted octanol–water partition coefficient (Wildman–Crippen LogP) is 6.86. The number of nitrogens with one attached hydrogen (secondary N) is 1. The molecule has 176 valence electrons. The van der Waals surface area contributed by atoms with E-state index in [0.717, 1.165) is 23.1 Å². The molecule has 0 amide bonds. The number of hydrogen-bond donors (Lipinski definition) is 1. The van der Waals surface area contributed by atoms with Crippen molar-refractivity contribution in [2.45, 2.75) is 132 Å². The molecule has 0 radical (unpaired) electrons. The Morgan fingerprint density at radius 1 is 0.677 bits per heavy atom. The van der Waals surface area contributed by atoms with Crippen LogP contribution in [0.15, 0.2) is 16.1 Å². The fourth-order valence-electron chi connectivity index (χ4n) is 3.93. The second kappa shape index (κ2) is 7.38. The summed E-state index contributed by atoms with van der Waals surface area (Å²) in [6.07, 6.45) is 0. The molecule has 5 heteroatoms. The van der Waals surface area contributed by atoms with Crippen LogP contribution in [0, 0.1) is 0 Å². The number of hydrogen-bond acceptors (Lipinski definition) is 3. The molecule has 0 aromatic carbocycles. The molecule has 0 saturated carbocycles. The van der Waals surface area contributed by atoms with Gasteiger partial charge in [0, 0.05) is 22.7 Å². The van der Waals surface area contributed by atoms with E-state index in [9.17, 15) is 0 Å². The normalized spacial score (nSPS) is 18.9. The maximum absolute atomic E-state index is 5.26. The van der Waals surface area contributed by atoms with Crippen LogP contribution in [0.1, 0.15) is 110 Å². The summed E-state index contributed by atoms with van der Waals surface area (Å²) in [6, 6.07) is 2.29. The molecule has 2 heterocycles. The number of nitrogens with zero attached hydrogens (tertiary/aromatic N) is 4. The van der Waals surface area contributed by atoms with Gasteiger partial charge < -0.3 is 14.8 Å². The van der Waals surface area contributed by atoms with Crippen molar-refractivity contribution in [3.63, 3.8) is 0 Å². The Labute approximate surface area is 191 Å². The van der Waals surface area contributed by atoms with Crippen LogP contribution in [0.4, 0.5) is 11.5 Å². The van der Waals surface area contributed by atoms with Crippen LogP contribution in [0.5, 0.6) is 0 Å². The summed E-state index contributed by atoms with van der Waals surface area (Å²) in [5.74, 6) is 2.09. The number of fused-ring (bicyclic) bond motifs is 1. The first-order chi connectivity index (χ1) is 13.5. The predicted molar refractivity (Wildman–Crippen MR) is 139 cm³/mol. The second-order valence-corrected chi connectivity index (χ2v) is 13.9. The van der Waals surface area contributed by atoms with Crippen LogP contribution in [0.3, 0.4) is 0 Å². The largest absolute Gasteiger partial charge is 0.367 e. The van der Waals surface area contributed by atoms with E-state index in [-0.39, 0.29) is 27.7 Å². The van der Waals surface area contributed by atoms with E-state index in [1.54, 1.807) is 0 Å².